The van der Waals surface area contributed by atoms with Crippen LogP contribution in [0.4, 0.5) is 0 Å². The Labute approximate surface area is 90.4 Å². The van der Waals surface area contributed by atoms with Gasteiger partial charge in [0.25, 0.3) is 0 Å². The summed E-state index contributed by atoms with van der Waals surface area (Å²) >= 11 is 0. The normalized spacial score (nSPS) is 38.5. The van der Waals surface area contributed by atoms with Crippen LogP contribution in [0.15, 0.2) is 18.3 Å². The minimum atomic E-state index is -0.0535. The first-order valence-corrected chi connectivity index (χ1v) is 5.84. The fraction of sp³-hybridized carbons (Fsp3) is 0.615. The highest BCUT2D eigenvalue weighted by molar-refractivity contribution is 5.24. The van der Waals surface area contributed by atoms with Crippen molar-refractivity contribution in [3.63, 3.8) is 0 Å². The number of aliphatic hydroxyl groups excluding tert-OH is 1. The van der Waals surface area contributed by atoms with Crippen molar-refractivity contribution >= 4 is 0 Å². The molecular weight excluding hydrogens is 186 g/mol. The van der Waals surface area contributed by atoms with Crippen LogP contribution in [0.2, 0.25) is 0 Å². The lowest BCUT2D eigenvalue weighted by Crippen LogP contribution is -2.22. The van der Waals surface area contributed by atoms with Crippen molar-refractivity contribution in [1.82, 2.24) is 4.98 Å². The van der Waals surface area contributed by atoms with Gasteiger partial charge in [-0.05, 0) is 61.6 Å². The number of nitrogens with zero attached hydrogens (tertiary/aromatic N) is 1. The summed E-state index contributed by atoms with van der Waals surface area (Å²) in [5.74, 6) is 1.86. The first kappa shape index (κ1) is 9.34. The van der Waals surface area contributed by atoms with Crippen molar-refractivity contribution in [1.29, 1.82) is 0 Å². The number of fused-ring (bicyclic) bond motifs is 2. The molecule has 0 aliphatic heterocycles. The first-order chi connectivity index (χ1) is 7.24. The fourth-order valence-electron chi connectivity index (χ4n) is 3.49. The predicted octanol–water partition coefficient (Wildman–Crippen LogP) is 2.26. The van der Waals surface area contributed by atoms with Crippen molar-refractivity contribution in [3.05, 3.63) is 29.6 Å². The van der Waals surface area contributed by atoms with E-state index >= 15 is 0 Å². The second-order valence-corrected chi connectivity index (χ2v) is 5.14. The fourth-order valence-corrected chi connectivity index (χ4v) is 3.49. The van der Waals surface area contributed by atoms with Gasteiger partial charge in [-0.3, -0.25) is 4.98 Å². The summed E-state index contributed by atoms with van der Waals surface area (Å²) in [5.41, 5.74) is 2.47. The van der Waals surface area contributed by atoms with Crippen molar-refractivity contribution in [3.8, 4) is 0 Å². The number of hydrogen-bond acceptors (Lipinski definition) is 2. The molecule has 3 rings (SSSR count). The van der Waals surface area contributed by atoms with E-state index in [1.807, 2.05) is 13.1 Å². The molecule has 0 aromatic carbocycles. The second kappa shape index (κ2) is 3.31. The Bertz CT molecular complexity index is 377. The van der Waals surface area contributed by atoms with Crippen molar-refractivity contribution in [2.24, 2.45) is 11.8 Å². The van der Waals surface area contributed by atoms with Gasteiger partial charge < -0.3 is 5.11 Å². The van der Waals surface area contributed by atoms with Gasteiger partial charge in [-0.2, -0.15) is 0 Å². The van der Waals surface area contributed by atoms with Gasteiger partial charge in [-0.1, -0.05) is 0 Å². The third kappa shape index (κ3) is 1.48. The molecule has 1 aromatic rings. The van der Waals surface area contributed by atoms with Crippen LogP contribution in [0.3, 0.4) is 0 Å². The van der Waals surface area contributed by atoms with E-state index in [1.165, 1.54) is 18.4 Å². The zero-order chi connectivity index (χ0) is 10.4. The van der Waals surface area contributed by atoms with Crippen molar-refractivity contribution in [2.45, 2.75) is 38.2 Å². The van der Waals surface area contributed by atoms with Crippen LogP contribution in [0.25, 0.3) is 0 Å². The Balaban J connectivity index is 1.90. The molecule has 0 saturated heterocycles. The molecule has 0 radical (unpaired) electrons. The molecular formula is C13H17NO. The lowest BCUT2D eigenvalue weighted by Gasteiger charge is -2.26. The van der Waals surface area contributed by atoms with Gasteiger partial charge in [0.1, 0.15) is 0 Å². The van der Waals surface area contributed by atoms with Crippen LogP contribution < -0.4 is 0 Å². The number of pyridine rings is 1. The molecule has 0 amide bonds. The van der Waals surface area contributed by atoms with Crippen LogP contribution in [-0.2, 0) is 0 Å². The monoisotopic (exact) mass is 203 g/mol. The minimum absolute atomic E-state index is 0.0535. The zero-order valence-electron chi connectivity index (χ0n) is 9.06. The molecule has 1 N–H and O–H groups in total. The van der Waals surface area contributed by atoms with Crippen LogP contribution in [-0.4, -0.2) is 16.2 Å². The van der Waals surface area contributed by atoms with Crippen LogP contribution >= 0.6 is 0 Å². The van der Waals surface area contributed by atoms with Crippen LogP contribution in [0, 0.1) is 18.8 Å². The van der Waals surface area contributed by atoms with Gasteiger partial charge in [0.15, 0.2) is 0 Å². The van der Waals surface area contributed by atoms with E-state index < -0.39 is 0 Å². The summed E-state index contributed by atoms with van der Waals surface area (Å²) in [5, 5.41) is 9.90. The van der Waals surface area contributed by atoms with E-state index in [2.05, 4.69) is 17.1 Å². The smallest absolute Gasteiger partial charge is 0.0577 e. The maximum atomic E-state index is 9.90. The first-order valence-electron chi connectivity index (χ1n) is 5.84. The molecule has 1 heterocycles. The van der Waals surface area contributed by atoms with Gasteiger partial charge in [0, 0.05) is 11.9 Å². The third-order valence-corrected chi connectivity index (χ3v) is 4.13. The Kier molecular flexibility index (Phi) is 2.06. The topological polar surface area (TPSA) is 33.1 Å². The standard InChI is InChI=1S/C13H17NO/c1-8-4-10(2-3-14-8)11-5-9-6-12(11)13(15)7-9/h2-4,9,11-13,15H,5-7H2,1H3. The van der Waals surface area contributed by atoms with Gasteiger partial charge in [0.2, 0.25) is 0 Å². The van der Waals surface area contributed by atoms with Gasteiger partial charge in [0.05, 0.1) is 6.10 Å². The summed E-state index contributed by atoms with van der Waals surface area (Å²) in [6.45, 7) is 2.03. The number of rotatable bonds is 1. The Morgan fingerprint density at radius 3 is 2.87 bits per heavy atom. The average Bonchev–Trinajstić information content (AvgIpc) is 2.76. The number of aromatic nitrogens is 1. The van der Waals surface area contributed by atoms with Gasteiger partial charge >= 0.3 is 0 Å². The molecule has 2 bridgehead atoms. The molecule has 1 aromatic heterocycles. The van der Waals surface area contributed by atoms with E-state index in [0.29, 0.717) is 11.8 Å². The summed E-state index contributed by atoms with van der Waals surface area (Å²) in [4.78, 5) is 4.23. The molecule has 80 valence electrons. The average molecular weight is 203 g/mol. The van der Waals surface area contributed by atoms with E-state index in [4.69, 9.17) is 0 Å². The van der Waals surface area contributed by atoms with Gasteiger partial charge in [-0.15, -0.1) is 0 Å². The summed E-state index contributed by atoms with van der Waals surface area (Å²) in [6.07, 6.45) is 5.37. The van der Waals surface area contributed by atoms with E-state index in [1.54, 1.807) is 0 Å². The highest BCUT2D eigenvalue weighted by Crippen LogP contribution is 2.52. The van der Waals surface area contributed by atoms with Crippen LogP contribution in [0.1, 0.15) is 36.4 Å². The molecule has 2 fully saturated rings. The maximum absolute atomic E-state index is 9.90. The summed E-state index contributed by atoms with van der Waals surface area (Å²) in [7, 11) is 0. The lowest BCUT2D eigenvalue weighted by molar-refractivity contribution is 0.101. The quantitative estimate of drug-likeness (QED) is 0.759. The van der Waals surface area contributed by atoms with Gasteiger partial charge in [-0.25, -0.2) is 0 Å². The molecule has 2 nitrogen and oxygen atoms in total. The summed E-state index contributed by atoms with van der Waals surface area (Å²) < 4.78 is 0. The minimum Gasteiger partial charge on any atom is -0.393 e. The Morgan fingerprint density at radius 1 is 1.33 bits per heavy atom. The molecule has 2 aliphatic carbocycles. The molecule has 2 heteroatoms. The lowest BCUT2D eigenvalue weighted by atomic mass is 9.82. The maximum Gasteiger partial charge on any atom is 0.0577 e. The highest BCUT2D eigenvalue weighted by atomic mass is 16.3. The molecule has 2 aliphatic rings. The second-order valence-electron chi connectivity index (χ2n) is 5.14. The Morgan fingerprint density at radius 2 is 2.20 bits per heavy atom. The predicted molar refractivity (Wildman–Crippen MR) is 58.6 cm³/mol. The third-order valence-electron chi connectivity index (χ3n) is 4.13. The number of aliphatic hydroxyl groups is 1. The Hall–Kier alpha value is -0.890. The molecule has 15 heavy (non-hydrogen) atoms. The zero-order valence-corrected chi connectivity index (χ0v) is 9.06. The summed E-state index contributed by atoms with van der Waals surface area (Å²) in [6, 6.07) is 4.29. The number of hydrogen-bond donors (Lipinski definition) is 1. The molecule has 4 atom stereocenters. The van der Waals surface area contributed by atoms with E-state index in [-0.39, 0.29) is 6.10 Å². The van der Waals surface area contributed by atoms with Crippen LogP contribution in [0.5, 0.6) is 0 Å². The van der Waals surface area contributed by atoms with E-state index in [0.717, 1.165) is 18.0 Å². The SMILES string of the molecule is Cc1cc(C2CC3CC(O)C2C3)ccn1. The highest BCUT2D eigenvalue weighted by Gasteiger charge is 2.45. The molecule has 0 spiro atoms. The number of aryl methyl sites for hydroxylation is 1. The van der Waals surface area contributed by atoms with Crippen molar-refractivity contribution in [2.75, 3.05) is 0 Å². The van der Waals surface area contributed by atoms with Crippen molar-refractivity contribution < 1.29 is 5.11 Å². The largest absolute Gasteiger partial charge is 0.393 e. The van der Waals surface area contributed by atoms with E-state index in [9.17, 15) is 5.11 Å². The molecule has 2 saturated carbocycles. The molecule has 4 unspecified atom stereocenters.